The Bertz CT molecular complexity index is 822. The third kappa shape index (κ3) is 8.11. The van der Waals surface area contributed by atoms with Crippen LogP contribution >= 0.6 is 0 Å². The van der Waals surface area contributed by atoms with E-state index in [1.54, 1.807) is 0 Å². The molecule has 1 saturated heterocycles. The molecule has 166 valence electrons. The van der Waals surface area contributed by atoms with Crippen LogP contribution in [0.1, 0.15) is 35.2 Å². The van der Waals surface area contributed by atoms with Gasteiger partial charge in [-0.15, -0.1) is 0 Å². The van der Waals surface area contributed by atoms with Gasteiger partial charge in [0.1, 0.15) is 5.82 Å². The molecule has 6 nitrogen and oxygen atoms in total. The fourth-order valence-corrected chi connectivity index (χ4v) is 3.53. The Morgan fingerprint density at radius 3 is 2.45 bits per heavy atom. The van der Waals surface area contributed by atoms with E-state index in [-0.39, 0.29) is 23.7 Å². The van der Waals surface area contributed by atoms with Gasteiger partial charge >= 0.3 is 0 Å². The van der Waals surface area contributed by atoms with Gasteiger partial charge in [0, 0.05) is 37.8 Å². The van der Waals surface area contributed by atoms with Crippen molar-refractivity contribution in [1.29, 1.82) is 0 Å². The Morgan fingerprint density at radius 1 is 1.03 bits per heavy atom. The molecule has 0 radical (unpaired) electrons. The van der Waals surface area contributed by atoms with Gasteiger partial charge in [0.05, 0.1) is 13.2 Å². The summed E-state index contributed by atoms with van der Waals surface area (Å²) in [6.45, 7) is 3.65. The van der Waals surface area contributed by atoms with E-state index in [1.807, 2.05) is 30.3 Å². The van der Waals surface area contributed by atoms with Gasteiger partial charge in [0.25, 0.3) is 5.91 Å². The molecule has 2 aromatic carbocycles. The molecule has 0 aliphatic carbocycles. The van der Waals surface area contributed by atoms with Crippen molar-refractivity contribution in [3.05, 3.63) is 71.5 Å². The Hall–Kier alpha value is -2.77. The van der Waals surface area contributed by atoms with Crippen LogP contribution in [0.25, 0.3) is 0 Å². The van der Waals surface area contributed by atoms with Crippen LogP contribution in [0.5, 0.6) is 0 Å². The molecule has 2 N–H and O–H groups in total. The van der Waals surface area contributed by atoms with Gasteiger partial charge in [-0.05, 0) is 49.1 Å². The highest BCUT2D eigenvalue weighted by molar-refractivity contribution is 5.94. The lowest BCUT2D eigenvalue weighted by molar-refractivity contribution is -0.122. The van der Waals surface area contributed by atoms with Crippen molar-refractivity contribution < 1.29 is 18.7 Å². The molecule has 1 heterocycles. The van der Waals surface area contributed by atoms with E-state index in [0.29, 0.717) is 31.9 Å². The average Bonchev–Trinajstić information content (AvgIpc) is 2.78. The fraction of sp³-hybridized carbons (Fsp3) is 0.417. The maximum absolute atomic E-state index is 13.0. The predicted octanol–water partition coefficient (Wildman–Crippen LogP) is 2.74. The molecule has 2 amide bonds. The number of carbonyl (C=O) groups excluding carboxylic acids is 2. The van der Waals surface area contributed by atoms with Crippen molar-refractivity contribution >= 4 is 11.8 Å². The normalized spacial score (nSPS) is 14.9. The number of piperidine rings is 1. The zero-order valence-corrected chi connectivity index (χ0v) is 17.7. The topological polar surface area (TPSA) is 70.7 Å². The highest BCUT2D eigenvalue weighted by Crippen LogP contribution is 2.11. The molecule has 0 bridgehead atoms. The first-order valence-electron chi connectivity index (χ1n) is 10.8. The minimum Gasteiger partial charge on any atom is -0.377 e. The second-order valence-corrected chi connectivity index (χ2v) is 7.77. The molecule has 1 fully saturated rings. The number of hydrogen-bond donors (Lipinski definition) is 2. The summed E-state index contributed by atoms with van der Waals surface area (Å²) >= 11 is 0. The van der Waals surface area contributed by atoms with Crippen LogP contribution in [0.15, 0.2) is 54.6 Å². The van der Waals surface area contributed by atoms with E-state index in [1.165, 1.54) is 24.3 Å². The summed E-state index contributed by atoms with van der Waals surface area (Å²) in [5, 5.41) is 5.93. The molecule has 0 spiro atoms. The van der Waals surface area contributed by atoms with Crippen LogP contribution in [0.3, 0.4) is 0 Å². The van der Waals surface area contributed by atoms with E-state index >= 15 is 0 Å². The fourth-order valence-electron chi connectivity index (χ4n) is 3.53. The van der Waals surface area contributed by atoms with Crippen molar-refractivity contribution in [2.45, 2.75) is 31.9 Å². The van der Waals surface area contributed by atoms with Gasteiger partial charge in [-0.2, -0.15) is 0 Å². The molecule has 0 atom stereocenters. The molecule has 7 heteroatoms. The number of likely N-dealkylation sites (tertiary alicyclic amines) is 1. The monoisotopic (exact) mass is 427 g/mol. The standard InChI is InChI=1S/C24H30FN3O3/c25-21-9-7-20(8-10-21)24(30)27-22-11-14-28(15-12-22)17-23(29)26-13-4-16-31-18-19-5-2-1-3-6-19/h1-3,5-10,22H,4,11-18H2,(H,26,29)(H,27,30). The lowest BCUT2D eigenvalue weighted by Crippen LogP contribution is -2.47. The summed E-state index contributed by atoms with van der Waals surface area (Å²) in [5.74, 6) is -0.537. The second-order valence-electron chi connectivity index (χ2n) is 7.77. The van der Waals surface area contributed by atoms with Crippen molar-refractivity contribution in [3.63, 3.8) is 0 Å². The summed E-state index contributed by atoms with van der Waals surface area (Å²) < 4.78 is 18.6. The molecule has 31 heavy (non-hydrogen) atoms. The number of ether oxygens (including phenoxy) is 1. The van der Waals surface area contributed by atoms with Crippen molar-refractivity contribution in [2.24, 2.45) is 0 Å². The largest absolute Gasteiger partial charge is 0.377 e. The molecule has 0 saturated carbocycles. The first-order chi connectivity index (χ1) is 15.1. The third-order valence-electron chi connectivity index (χ3n) is 5.30. The van der Waals surface area contributed by atoms with E-state index in [9.17, 15) is 14.0 Å². The van der Waals surface area contributed by atoms with Gasteiger partial charge < -0.3 is 15.4 Å². The number of benzene rings is 2. The third-order valence-corrected chi connectivity index (χ3v) is 5.30. The predicted molar refractivity (Wildman–Crippen MR) is 117 cm³/mol. The lowest BCUT2D eigenvalue weighted by atomic mass is 10.0. The summed E-state index contributed by atoms with van der Waals surface area (Å²) in [7, 11) is 0. The van der Waals surface area contributed by atoms with Crippen LogP contribution < -0.4 is 10.6 Å². The second kappa shape index (κ2) is 12.2. The summed E-state index contributed by atoms with van der Waals surface area (Å²) in [4.78, 5) is 26.5. The zero-order valence-electron chi connectivity index (χ0n) is 17.7. The molecule has 0 aromatic heterocycles. The van der Waals surface area contributed by atoms with Gasteiger partial charge in [-0.25, -0.2) is 4.39 Å². The summed E-state index contributed by atoms with van der Waals surface area (Å²) in [6, 6.07) is 15.6. The van der Waals surface area contributed by atoms with Gasteiger partial charge in [0.15, 0.2) is 0 Å². The lowest BCUT2D eigenvalue weighted by Gasteiger charge is -2.31. The molecule has 3 rings (SSSR count). The Labute approximate surface area is 182 Å². The van der Waals surface area contributed by atoms with Crippen LogP contribution in [0, 0.1) is 5.82 Å². The van der Waals surface area contributed by atoms with Crippen molar-refractivity contribution in [2.75, 3.05) is 32.8 Å². The smallest absolute Gasteiger partial charge is 0.251 e. The van der Waals surface area contributed by atoms with Crippen LogP contribution in [-0.4, -0.2) is 55.5 Å². The maximum Gasteiger partial charge on any atom is 0.251 e. The van der Waals surface area contributed by atoms with Crippen molar-refractivity contribution in [1.82, 2.24) is 15.5 Å². The molecule has 1 aliphatic heterocycles. The Kier molecular flexibility index (Phi) is 8.99. The molecular weight excluding hydrogens is 397 g/mol. The number of halogens is 1. The summed E-state index contributed by atoms with van der Waals surface area (Å²) in [6.07, 6.45) is 2.34. The van der Waals surface area contributed by atoms with E-state index in [4.69, 9.17) is 4.74 Å². The molecule has 1 aliphatic rings. The van der Waals surface area contributed by atoms with Gasteiger partial charge in [-0.3, -0.25) is 14.5 Å². The highest BCUT2D eigenvalue weighted by Gasteiger charge is 2.22. The Morgan fingerprint density at radius 2 is 1.74 bits per heavy atom. The van der Waals surface area contributed by atoms with Crippen LogP contribution in [-0.2, 0) is 16.1 Å². The number of rotatable bonds is 10. The SMILES string of the molecule is O=C(CN1CCC(NC(=O)c2ccc(F)cc2)CC1)NCCCOCc1ccccc1. The quantitative estimate of drug-likeness (QED) is 0.572. The van der Waals surface area contributed by atoms with Crippen LogP contribution in [0.4, 0.5) is 4.39 Å². The first-order valence-corrected chi connectivity index (χ1v) is 10.8. The number of nitrogens with zero attached hydrogens (tertiary/aromatic N) is 1. The summed E-state index contributed by atoms with van der Waals surface area (Å²) in [5.41, 5.74) is 1.60. The minimum atomic E-state index is -0.358. The highest BCUT2D eigenvalue weighted by atomic mass is 19.1. The number of amides is 2. The number of carbonyl (C=O) groups is 2. The van der Waals surface area contributed by atoms with Gasteiger partial charge in [0.2, 0.25) is 5.91 Å². The van der Waals surface area contributed by atoms with E-state index < -0.39 is 0 Å². The minimum absolute atomic E-state index is 0.0110. The maximum atomic E-state index is 13.0. The zero-order chi connectivity index (χ0) is 21.9. The van der Waals surface area contributed by atoms with Crippen LogP contribution in [0.2, 0.25) is 0 Å². The molecule has 0 unspecified atom stereocenters. The van der Waals surface area contributed by atoms with E-state index in [2.05, 4.69) is 15.5 Å². The van der Waals surface area contributed by atoms with Gasteiger partial charge in [-0.1, -0.05) is 30.3 Å². The Balaban J connectivity index is 1.24. The molecule has 2 aromatic rings. The number of hydrogen-bond acceptors (Lipinski definition) is 4. The number of nitrogens with one attached hydrogen (secondary N) is 2. The average molecular weight is 428 g/mol. The van der Waals surface area contributed by atoms with E-state index in [0.717, 1.165) is 37.9 Å². The molecular formula is C24H30FN3O3. The van der Waals surface area contributed by atoms with Crippen molar-refractivity contribution in [3.8, 4) is 0 Å². The first kappa shape index (κ1) is 22.9.